The van der Waals surface area contributed by atoms with Gasteiger partial charge in [0.1, 0.15) is 0 Å². The van der Waals surface area contributed by atoms with Crippen molar-refractivity contribution < 1.29 is 4.74 Å². The van der Waals surface area contributed by atoms with Crippen LogP contribution in [0.15, 0.2) is 24.3 Å². The Morgan fingerprint density at radius 1 is 1.37 bits per heavy atom. The molecular formula is C16H26N2O. The predicted molar refractivity (Wildman–Crippen MR) is 79.2 cm³/mol. The number of likely N-dealkylation sites (N-methyl/N-ethyl adjacent to an activating group) is 1. The van der Waals surface area contributed by atoms with Crippen molar-refractivity contribution in [1.82, 2.24) is 4.90 Å². The molecule has 0 saturated heterocycles. The number of ether oxygens (including phenoxy) is 1. The fourth-order valence-corrected chi connectivity index (χ4v) is 3.15. The number of fused-ring (bicyclic) bond motifs is 1. The van der Waals surface area contributed by atoms with E-state index in [2.05, 4.69) is 36.1 Å². The van der Waals surface area contributed by atoms with E-state index in [0.29, 0.717) is 6.04 Å². The highest BCUT2D eigenvalue weighted by molar-refractivity contribution is 5.32. The molecule has 106 valence electrons. The lowest BCUT2D eigenvalue weighted by Gasteiger charge is -2.34. The van der Waals surface area contributed by atoms with Gasteiger partial charge >= 0.3 is 0 Å². The second-order valence-corrected chi connectivity index (χ2v) is 5.31. The minimum absolute atomic E-state index is 0.121. The number of methoxy groups -OCH3 is 1. The fourth-order valence-electron chi connectivity index (χ4n) is 3.15. The summed E-state index contributed by atoms with van der Waals surface area (Å²) in [6.45, 7) is 4.98. The zero-order chi connectivity index (χ0) is 13.7. The molecule has 3 heteroatoms. The third kappa shape index (κ3) is 3.35. The van der Waals surface area contributed by atoms with Crippen LogP contribution >= 0.6 is 0 Å². The summed E-state index contributed by atoms with van der Waals surface area (Å²) in [6.07, 6.45) is 3.55. The minimum Gasteiger partial charge on any atom is -0.383 e. The highest BCUT2D eigenvalue weighted by atomic mass is 16.5. The highest BCUT2D eigenvalue weighted by Gasteiger charge is 2.28. The van der Waals surface area contributed by atoms with Gasteiger partial charge in [0.2, 0.25) is 0 Å². The molecule has 19 heavy (non-hydrogen) atoms. The van der Waals surface area contributed by atoms with Crippen molar-refractivity contribution >= 4 is 0 Å². The standard InChI is InChI=1S/C16H26N2O/c1-3-18(11-12-19-2)15-10-6-8-13-7-4-5-9-14(13)16(15)17/h4-5,7,9,15-16H,3,6,8,10-12,17H2,1-2H3. The molecule has 3 nitrogen and oxygen atoms in total. The summed E-state index contributed by atoms with van der Waals surface area (Å²) in [6, 6.07) is 9.20. The van der Waals surface area contributed by atoms with Gasteiger partial charge < -0.3 is 10.5 Å². The van der Waals surface area contributed by atoms with E-state index < -0.39 is 0 Å². The first-order valence-corrected chi connectivity index (χ1v) is 7.34. The van der Waals surface area contributed by atoms with Crippen molar-refractivity contribution in [2.75, 3.05) is 26.8 Å². The van der Waals surface area contributed by atoms with Crippen LogP contribution in [0.25, 0.3) is 0 Å². The minimum atomic E-state index is 0.121. The van der Waals surface area contributed by atoms with Crippen molar-refractivity contribution in [2.45, 2.75) is 38.3 Å². The number of benzene rings is 1. The van der Waals surface area contributed by atoms with E-state index in [0.717, 1.165) is 26.1 Å². The van der Waals surface area contributed by atoms with Gasteiger partial charge in [-0.15, -0.1) is 0 Å². The third-order valence-corrected chi connectivity index (χ3v) is 4.23. The molecule has 0 aromatic heterocycles. The second kappa shape index (κ2) is 7.04. The molecule has 2 N–H and O–H groups in total. The van der Waals surface area contributed by atoms with Gasteiger partial charge in [0, 0.05) is 25.7 Å². The Labute approximate surface area is 116 Å². The second-order valence-electron chi connectivity index (χ2n) is 5.31. The molecule has 0 heterocycles. The summed E-state index contributed by atoms with van der Waals surface area (Å²) in [4.78, 5) is 2.47. The maximum Gasteiger partial charge on any atom is 0.0589 e. The molecule has 2 rings (SSSR count). The fraction of sp³-hybridized carbons (Fsp3) is 0.625. The molecule has 0 aliphatic heterocycles. The molecule has 2 unspecified atom stereocenters. The van der Waals surface area contributed by atoms with E-state index in [4.69, 9.17) is 10.5 Å². The van der Waals surface area contributed by atoms with Gasteiger partial charge in [-0.3, -0.25) is 4.90 Å². The normalized spacial score (nSPS) is 23.2. The summed E-state index contributed by atoms with van der Waals surface area (Å²) in [5, 5.41) is 0. The first-order valence-electron chi connectivity index (χ1n) is 7.34. The Kier molecular flexibility index (Phi) is 5.37. The maximum atomic E-state index is 6.56. The van der Waals surface area contributed by atoms with Crippen LogP contribution in [-0.4, -0.2) is 37.7 Å². The molecular weight excluding hydrogens is 236 g/mol. The Morgan fingerprint density at radius 2 is 2.16 bits per heavy atom. The molecule has 0 saturated carbocycles. The molecule has 2 atom stereocenters. The van der Waals surface area contributed by atoms with Crippen molar-refractivity contribution in [3.05, 3.63) is 35.4 Å². The largest absolute Gasteiger partial charge is 0.383 e. The molecule has 1 aliphatic carbocycles. The zero-order valence-electron chi connectivity index (χ0n) is 12.1. The molecule has 0 spiro atoms. The zero-order valence-corrected chi connectivity index (χ0v) is 12.1. The van der Waals surface area contributed by atoms with Crippen LogP contribution in [0.3, 0.4) is 0 Å². The molecule has 1 aromatic carbocycles. The van der Waals surface area contributed by atoms with Crippen molar-refractivity contribution in [1.29, 1.82) is 0 Å². The predicted octanol–water partition coefficient (Wildman–Crippen LogP) is 2.36. The SMILES string of the molecule is CCN(CCOC)C1CCCc2ccccc2C1N. The Hall–Kier alpha value is -0.900. The average Bonchev–Trinajstić information content (AvgIpc) is 2.61. The first kappa shape index (κ1) is 14.5. The number of rotatable bonds is 5. The van der Waals surface area contributed by atoms with E-state index >= 15 is 0 Å². The number of hydrogen-bond acceptors (Lipinski definition) is 3. The first-order chi connectivity index (χ1) is 9.27. The lowest BCUT2D eigenvalue weighted by molar-refractivity contribution is 0.109. The molecule has 0 fully saturated rings. The number of nitrogens with zero attached hydrogens (tertiary/aromatic N) is 1. The van der Waals surface area contributed by atoms with Gasteiger partial charge in [-0.1, -0.05) is 31.2 Å². The van der Waals surface area contributed by atoms with Crippen LogP contribution in [0.4, 0.5) is 0 Å². The van der Waals surface area contributed by atoms with E-state index in [1.807, 2.05) is 0 Å². The van der Waals surface area contributed by atoms with Crippen LogP contribution in [0, 0.1) is 0 Å². The molecule has 0 bridgehead atoms. The van der Waals surface area contributed by atoms with Gasteiger partial charge in [-0.05, 0) is 36.9 Å². The van der Waals surface area contributed by atoms with Gasteiger partial charge in [0.05, 0.1) is 6.61 Å². The number of aryl methyl sites for hydroxylation is 1. The van der Waals surface area contributed by atoms with Gasteiger partial charge in [-0.25, -0.2) is 0 Å². The quantitative estimate of drug-likeness (QED) is 0.828. The summed E-state index contributed by atoms with van der Waals surface area (Å²) < 4.78 is 5.22. The van der Waals surface area contributed by atoms with Crippen LogP contribution in [0.5, 0.6) is 0 Å². The maximum absolute atomic E-state index is 6.56. The van der Waals surface area contributed by atoms with Crippen molar-refractivity contribution in [3.8, 4) is 0 Å². The lowest BCUT2D eigenvalue weighted by Crippen LogP contribution is -2.44. The lowest BCUT2D eigenvalue weighted by atomic mass is 9.96. The number of hydrogen-bond donors (Lipinski definition) is 1. The Bertz CT molecular complexity index is 394. The van der Waals surface area contributed by atoms with Gasteiger partial charge in [0.15, 0.2) is 0 Å². The summed E-state index contributed by atoms with van der Waals surface area (Å²) in [7, 11) is 1.76. The van der Waals surface area contributed by atoms with Crippen molar-refractivity contribution in [3.63, 3.8) is 0 Å². The van der Waals surface area contributed by atoms with Gasteiger partial charge in [-0.2, -0.15) is 0 Å². The third-order valence-electron chi connectivity index (χ3n) is 4.23. The molecule has 0 radical (unpaired) electrons. The van der Waals surface area contributed by atoms with Crippen LogP contribution < -0.4 is 5.73 Å². The highest BCUT2D eigenvalue weighted by Crippen LogP contribution is 2.30. The Morgan fingerprint density at radius 3 is 2.89 bits per heavy atom. The molecule has 1 aliphatic rings. The van der Waals surface area contributed by atoms with Crippen LogP contribution in [0.2, 0.25) is 0 Å². The van der Waals surface area contributed by atoms with Crippen LogP contribution in [0.1, 0.15) is 36.9 Å². The van der Waals surface area contributed by atoms with E-state index in [1.54, 1.807) is 7.11 Å². The van der Waals surface area contributed by atoms with Crippen molar-refractivity contribution in [2.24, 2.45) is 5.73 Å². The van der Waals surface area contributed by atoms with Gasteiger partial charge in [0.25, 0.3) is 0 Å². The van der Waals surface area contributed by atoms with E-state index in [9.17, 15) is 0 Å². The molecule has 1 aromatic rings. The van der Waals surface area contributed by atoms with Crippen LogP contribution in [-0.2, 0) is 11.2 Å². The summed E-state index contributed by atoms with van der Waals surface area (Å²) in [5.74, 6) is 0. The average molecular weight is 262 g/mol. The smallest absolute Gasteiger partial charge is 0.0589 e. The topological polar surface area (TPSA) is 38.5 Å². The monoisotopic (exact) mass is 262 g/mol. The van der Waals surface area contributed by atoms with E-state index in [1.165, 1.54) is 24.0 Å². The van der Waals surface area contributed by atoms with E-state index in [-0.39, 0.29) is 6.04 Å². The molecule has 0 amide bonds. The summed E-state index contributed by atoms with van der Waals surface area (Å²) in [5.41, 5.74) is 9.32. The number of nitrogens with two attached hydrogens (primary N) is 1. The Balaban J connectivity index is 2.17. The summed E-state index contributed by atoms with van der Waals surface area (Å²) >= 11 is 0.